The smallest absolute Gasteiger partial charge is 0.191 e. The van der Waals surface area contributed by atoms with Crippen LogP contribution < -0.4 is 0 Å². The molecule has 0 saturated carbocycles. The minimum Gasteiger partial charge on any atom is -0.385 e. The molecule has 0 amide bonds. The van der Waals surface area contributed by atoms with Gasteiger partial charge in [0.05, 0.1) is 5.75 Å². The molecule has 0 bridgehead atoms. The van der Waals surface area contributed by atoms with Crippen molar-refractivity contribution >= 4 is 17.5 Å². The van der Waals surface area contributed by atoms with Gasteiger partial charge in [-0.3, -0.25) is 4.79 Å². The van der Waals surface area contributed by atoms with Crippen molar-refractivity contribution in [1.82, 2.24) is 19.3 Å². The summed E-state index contributed by atoms with van der Waals surface area (Å²) >= 11 is 1.37. The lowest BCUT2D eigenvalue weighted by Gasteiger charge is -2.11. The molecule has 0 N–H and O–H groups in total. The summed E-state index contributed by atoms with van der Waals surface area (Å²) < 4.78 is 22.9. The average molecular weight is 417 g/mol. The first-order valence-corrected chi connectivity index (χ1v) is 10.4. The Kier molecular flexibility index (Phi) is 6.87. The zero-order valence-corrected chi connectivity index (χ0v) is 17.9. The van der Waals surface area contributed by atoms with Crippen molar-refractivity contribution in [2.75, 3.05) is 19.5 Å². The number of Topliss-reactive ketones (excluding diaryl/α,β-unsaturated/α-hetero) is 1. The van der Waals surface area contributed by atoms with Crippen LogP contribution in [0.3, 0.4) is 0 Å². The van der Waals surface area contributed by atoms with Gasteiger partial charge in [0.15, 0.2) is 10.9 Å². The number of carbonyl (C=O) groups excluding carboxylic acids is 1. The van der Waals surface area contributed by atoms with Crippen LogP contribution in [0.4, 0.5) is 4.39 Å². The van der Waals surface area contributed by atoms with Crippen LogP contribution in [0.5, 0.6) is 0 Å². The molecule has 0 saturated heterocycles. The summed E-state index contributed by atoms with van der Waals surface area (Å²) in [6.07, 6.45) is 2.52. The number of hydrogen-bond acceptors (Lipinski definition) is 5. The van der Waals surface area contributed by atoms with Crippen LogP contribution in [0.15, 0.2) is 35.7 Å². The fraction of sp³-hybridized carbons (Fsp3) is 0.381. The van der Waals surface area contributed by atoms with Gasteiger partial charge in [-0.15, -0.1) is 10.2 Å². The number of rotatable bonds is 9. The van der Waals surface area contributed by atoms with Gasteiger partial charge in [-0.25, -0.2) is 4.39 Å². The van der Waals surface area contributed by atoms with Crippen molar-refractivity contribution < 1.29 is 13.9 Å². The van der Waals surface area contributed by atoms with Gasteiger partial charge in [-0.05, 0) is 51.0 Å². The van der Waals surface area contributed by atoms with E-state index in [1.807, 2.05) is 35.1 Å². The average Bonchev–Trinajstić information content (AvgIpc) is 3.26. The first-order valence-electron chi connectivity index (χ1n) is 9.40. The Morgan fingerprint density at radius 1 is 1.24 bits per heavy atom. The second-order valence-corrected chi connectivity index (χ2v) is 7.86. The molecule has 0 aliphatic carbocycles. The molecule has 8 heteroatoms. The zero-order chi connectivity index (χ0) is 21.0. The van der Waals surface area contributed by atoms with E-state index in [0.717, 1.165) is 24.4 Å². The van der Waals surface area contributed by atoms with E-state index < -0.39 is 0 Å². The quantitative estimate of drug-likeness (QED) is 0.298. The summed E-state index contributed by atoms with van der Waals surface area (Å²) in [6.45, 7) is 6.93. The van der Waals surface area contributed by atoms with E-state index in [1.54, 1.807) is 26.4 Å². The topological polar surface area (TPSA) is 61.9 Å². The third-order valence-electron chi connectivity index (χ3n) is 4.80. The van der Waals surface area contributed by atoms with Crippen molar-refractivity contribution in [3.05, 3.63) is 58.9 Å². The molecule has 0 unspecified atom stereocenters. The standard InChI is InChI=1S/C21H25FN4O2S/c1-14-6-7-17(11-19(14)22)26-15(2)10-18(16(26)3)20(27)12-29-21-24-23-13-25(21)8-5-9-28-4/h6-7,10-11,13H,5,8-9,12H2,1-4H3. The van der Waals surface area contributed by atoms with Gasteiger partial charge in [-0.1, -0.05) is 17.8 Å². The number of nitrogens with zero attached hydrogens (tertiary/aromatic N) is 4. The van der Waals surface area contributed by atoms with E-state index in [2.05, 4.69) is 10.2 Å². The lowest BCUT2D eigenvalue weighted by atomic mass is 10.2. The molecule has 29 heavy (non-hydrogen) atoms. The van der Waals surface area contributed by atoms with E-state index in [9.17, 15) is 9.18 Å². The zero-order valence-electron chi connectivity index (χ0n) is 17.1. The Morgan fingerprint density at radius 2 is 2.03 bits per heavy atom. The van der Waals surface area contributed by atoms with E-state index in [1.165, 1.54) is 17.8 Å². The minimum absolute atomic E-state index is 0.00775. The number of benzene rings is 1. The molecule has 1 aromatic carbocycles. The van der Waals surface area contributed by atoms with E-state index in [-0.39, 0.29) is 17.4 Å². The largest absolute Gasteiger partial charge is 0.385 e. The molecule has 6 nitrogen and oxygen atoms in total. The van der Waals surface area contributed by atoms with Gasteiger partial charge in [0, 0.05) is 42.9 Å². The number of hydrogen-bond donors (Lipinski definition) is 0. The highest BCUT2D eigenvalue weighted by atomic mass is 32.2. The van der Waals surface area contributed by atoms with Crippen LogP contribution in [-0.4, -0.2) is 44.6 Å². The SMILES string of the molecule is COCCCn1cnnc1SCC(=O)c1cc(C)n(-c2ccc(C)c(F)c2)c1C. The Hall–Kier alpha value is -2.45. The summed E-state index contributed by atoms with van der Waals surface area (Å²) in [4.78, 5) is 12.9. The van der Waals surface area contributed by atoms with E-state index >= 15 is 0 Å². The summed E-state index contributed by atoms with van der Waals surface area (Å²) in [5.74, 6) is 0.00909. The molecule has 0 atom stereocenters. The number of halogens is 1. The maximum Gasteiger partial charge on any atom is 0.191 e. The summed E-state index contributed by atoms with van der Waals surface area (Å²) in [7, 11) is 1.67. The number of methoxy groups -OCH3 is 1. The second kappa shape index (κ2) is 9.37. The highest BCUT2D eigenvalue weighted by molar-refractivity contribution is 7.99. The molecule has 0 spiro atoms. The number of carbonyl (C=O) groups is 1. The number of thioether (sulfide) groups is 1. The Morgan fingerprint density at radius 3 is 2.76 bits per heavy atom. The third-order valence-corrected chi connectivity index (χ3v) is 5.79. The number of aryl methyl sites for hydroxylation is 3. The second-order valence-electron chi connectivity index (χ2n) is 6.92. The molecule has 0 radical (unpaired) electrons. The fourth-order valence-corrected chi connectivity index (χ4v) is 4.08. The lowest BCUT2D eigenvalue weighted by molar-refractivity contribution is 0.102. The van der Waals surface area contributed by atoms with Gasteiger partial charge in [-0.2, -0.15) is 0 Å². The molecule has 0 aliphatic rings. The van der Waals surface area contributed by atoms with Crippen molar-refractivity contribution in [3.8, 4) is 5.69 Å². The normalized spacial score (nSPS) is 11.2. The monoisotopic (exact) mass is 416 g/mol. The Balaban J connectivity index is 1.74. The minimum atomic E-state index is -0.258. The molecule has 2 heterocycles. The Bertz CT molecular complexity index is 1010. The molecule has 3 rings (SSSR count). The Labute approximate surface area is 174 Å². The highest BCUT2D eigenvalue weighted by Gasteiger charge is 2.18. The van der Waals surface area contributed by atoms with Crippen LogP contribution in [0.25, 0.3) is 5.69 Å². The van der Waals surface area contributed by atoms with Gasteiger partial charge in [0.1, 0.15) is 12.1 Å². The van der Waals surface area contributed by atoms with Crippen LogP contribution in [0, 0.1) is 26.6 Å². The molecule has 3 aromatic rings. The first-order chi connectivity index (χ1) is 13.9. The molecular formula is C21H25FN4O2S. The highest BCUT2D eigenvalue weighted by Crippen LogP contribution is 2.25. The van der Waals surface area contributed by atoms with Crippen LogP contribution in [-0.2, 0) is 11.3 Å². The van der Waals surface area contributed by atoms with Gasteiger partial charge >= 0.3 is 0 Å². The molecular weight excluding hydrogens is 391 g/mol. The molecule has 0 aliphatic heterocycles. The van der Waals surface area contributed by atoms with Crippen LogP contribution in [0.2, 0.25) is 0 Å². The predicted molar refractivity (Wildman–Crippen MR) is 112 cm³/mol. The van der Waals surface area contributed by atoms with Crippen molar-refractivity contribution in [1.29, 1.82) is 0 Å². The summed E-state index contributed by atoms with van der Waals surface area (Å²) in [5, 5.41) is 8.76. The predicted octanol–water partition coefficient (Wildman–Crippen LogP) is 4.14. The van der Waals surface area contributed by atoms with E-state index in [4.69, 9.17) is 4.74 Å². The lowest BCUT2D eigenvalue weighted by Crippen LogP contribution is -2.07. The molecule has 2 aromatic heterocycles. The maximum atomic E-state index is 14.0. The third kappa shape index (κ3) is 4.76. The molecule has 0 fully saturated rings. The maximum absolute atomic E-state index is 14.0. The first kappa shape index (κ1) is 21.3. The summed E-state index contributed by atoms with van der Waals surface area (Å²) in [6, 6.07) is 6.97. The van der Waals surface area contributed by atoms with Crippen molar-refractivity contribution in [3.63, 3.8) is 0 Å². The van der Waals surface area contributed by atoms with Crippen LogP contribution >= 0.6 is 11.8 Å². The number of aromatic nitrogens is 4. The number of ketones is 1. The van der Waals surface area contributed by atoms with Gasteiger partial charge < -0.3 is 13.9 Å². The molecule has 154 valence electrons. The van der Waals surface area contributed by atoms with E-state index in [0.29, 0.717) is 28.6 Å². The van der Waals surface area contributed by atoms with Crippen molar-refractivity contribution in [2.24, 2.45) is 0 Å². The van der Waals surface area contributed by atoms with Gasteiger partial charge in [0.2, 0.25) is 0 Å². The number of ether oxygens (including phenoxy) is 1. The van der Waals surface area contributed by atoms with Crippen molar-refractivity contribution in [2.45, 2.75) is 38.9 Å². The fourth-order valence-electron chi connectivity index (χ4n) is 3.26. The van der Waals surface area contributed by atoms with Crippen LogP contribution in [0.1, 0.15) is 33.7 Å². The van der Waals surface area contributed by atoms with Gasteiger partial charge in [0.25, 0.3) is 0 Å². The summed E-state index contributed by atoms with van der Waals surface area (Å²) in [5.41, 5.74) is 3.65.